The number of aromatic nitrogens is 6. The zero-order valence-electron chi connectivity index (χ0n) is 12.8. The van der Waals surface area contributed by atoms with Crippen molar-refractivity contribution in [3.05, 3.63) is 60.2 Å². The summed E-state index contributed by atoms with van der Waals surface area (Å²) >= 11 is 0. The maximum absolute atomic E-state index is 12.1. The Bertz CT molecular complexity index is 847. The Balaban J connectivity index is 1.50. The Kier molecular flexibility index (Phi) is 3.70. The van der Waals surface area contributed by atoms with Crippen molar-refractivity contribution in [1.82, 2.24) is 29.7 Å². The van der Waals surface area contributed by atoms with Crippen molar-refractivity contribution in [3.8, 4) is 0 Å². The Labute approximate surface area is 138 Å². The van der Waals surface area contributed by atoms with E-state index in [1.807, 2.05) is 17.1 Å². The standard InChI is InChI=1S/C16H15N7O/c24-15(13-3-1-2-5-19-13)21-16-20-14-7-11(4-6-23(14)22-16)12-8-17-10-18-9-12/h1-3,5,8-11H,4,6-7H2,(H,21,22,24). The summed E-state index contributed by atoms with van der Waals surface area (Å²) in [4.78, 5) is 28.7. The van der Waals surface area contributed by atoms with E-state index in [1.165, 1.54) is 6.33 Å². The quantitative estimate of drug-likeness (QED) is 0.784. The van der Waals surface area contributed by atoms with E-state index < -0.39 is 0 Å². The van der Waals surface area contributed by atoms with E-state index >= 15 is 0 Å². The summed E-state index contributed by atoms with van der Waals surface area (Å²) in [5.74, 6) is 1.17. The van der Waals surface area contributed by atoms with Gasteiger partial charge in [-0.3, -0.25) is 15.1 Å². The molecular weight excluding hydrogens is 306 g/mol. The number of aryl methyl sites for hydroxylation is 1. The van der Waals surface area contributed by atoms with Gasteiger partial charge in [0, 0.05) is 31.6 Å². The third-order valence-corrected chi connectivity index (χ3v) is 4.04. The zero-order chi connectivity index (χ0) is 16.4. The Hall–Kier alpha value is -3.16. The number of anilines is 1. The highest BCUT2D eigenvalue weighted by molar-refractivity contribution is 6.01. The highest BCUT2D eigenvalue weighted by Gasteiger charge is 2.24. The first-order valence-electron chi connectivity index (χ1n) is 7.70. The lowest BCUT2D eigenvalue weighted by Gasteiger charge is -2.21. The average Bonchev–Trinajstić information content (AvgIpc) is 3.04. The van der Waals surface area contributed by atoms with Crippen LogP contribution in [0.4, 0.5) is 5.95 Å². The number of hydrogen-bond acceptors (Lipinski definition) is 6. The van der Waals surface area contributed by atoms with Gasteiger partial charge in [-0.1, -0.05) is 6.07 Å². The summed E-state index contributed by atoms with van der Waals surface area (Å²) < 4.78 is 1.84. The molecule has 1 amide bonds. The highest BCUT2D eigenvalue weighted by Crippen LogP contribution is 2.28. The molecule has 8 heteroatoms. The number of rotatable bonds is 3. The molecule has 0 spiro atoms. The van der Waals surface area contributed by atoms with Crippen LogP contribution in [0.5, 0.6) is 0 Å². The number of nitrogens with one attached hydrogen (secondary N) is 1. The minimum absolute atomic E-state index is 0.311. The predicted octanol–water partition coefficient (Wildman–Crippen LogP) is 1.45. The number of pyridine rings is 1. The number of amides is 1. The molecule has 8 nitrogen and oxygen atoms in total. The highest BCUT2D eigenvalue weighted by atomic mass is 16.2. The van der Waals surface area contributed by atoms with Gasteiger partial charge in [-0.05, 0) is 30.0 Å². The molecule has 4 rings (SSSR count). The van der Waals surface area contributed by atoms with Gasteiger partial charge in [-0.15, -0.1) is 5.10 Å². The molecule has 0 fully saturated rings. The number of nitrogens with zero attached hydrogens (tertiary/aromatic N) is 6. The molecule has 0 saturated heterocycles. The molecule has 1 unspecified atom stereocenters. The SMILES string of the molecule is O=C(Nc1nc2n(n1)CCC(c1cncnc1)C2)c1ccccn1. The average molecular weight is 321 g/mol. The van der Waals surface area contributed by atoms with E-state index in [-0.39, 0.29) is 5.91 Å². The molecule has 0 radical (unpaired) electrons. The summed E-state index contributed by atoms with van der Waals surface area (Å²) in [6.07, 6.45) is 8.48. The lowest BCUT2D eigenvalue weighted by molar-refractivity contribution is 0.102. The molecular formula is C16H15N7O. The van der Waals surface area contributed by atoms with E-state index in [0.717, 1.165) is 30.8 Å². The molecule has 1 atom stereocenters. The van der Waals surface area contributed by atoms with Gasteiger partial charge in [-0.25, -0.2) is 14.6 Å². The van der Waals surface area contributed by atoms with Crippen molar-refractivity contribution in [1.29, 1.82) is 0 Å². The summed E-state index contributed by atoms with van der Waals surface area (Å²) in [6.45, 7) is 0.751. The van der Waals surface area contributed by atoms with Crippen LogP contribution in [-0.2, 0) is 13.0 Å². The fraction of sp³-hybridized carbons (Fsp3) is 0.250. The Morgan fingerprint density at radius 1 is 1.25 bits per heavy atom. The van der Waals surface area contributed by atoms with Crippen LogP contribution in [0, 0.1) is 0 Å². The lowest BCUT2D eigenvalue weighted by atomic mass is 9.92. The van der Waals surface area contributed by atoms with Crippen molar-refractivity contribution < 1.29 is 4.79 Å². The van der Waals surface area contributed by atoms with Gasteiger partial charge in [0.2, 0.25) is 5.95 Å². The summed E-state index contributed by atoms with van der Waals surface area (Å²) in [5, 5.41) is 7.06. The Morgan fingerprint density at radius 2 is 2.12 bits per heavy atom. The van der Waals surface area contributed by atoms with Gasteiger partial charge < -0.3 is 0 Å². The van der Waals surface area contributed by atoms with E-state index in [9.17, 15) is 4.79 Å². The van der Waals surface area contributed by atoms with Gasteiger partial charge in [-0.2, -0.15) is 4.98 Å². The van der Waals surface area contributed by atoms with Gasteiger partial charge in [0.05, 0.1) is 0 Å². The van der Waals surface area contributed by atoms with Crippen molar-refractivity contribution in [3.63, 3.8) is 0 Å². The molecule has 0 aromatic carbocycles. The van der Waals surface area contributed by atoms with Crippen LogP contribution in [-0.4, -0.2) is 35.6 Å². The molecule has 3 aromatic heterocycles. The molecule has 0 aliphatic carbocycles. The predicted molar refractivity (Wildman–Crippen MR) is 85.3 cm³/mol. The van der Waals surface area contributed by atoms with E-state index in [4.69, 9.17) is 0 Å². The van der Waals surface area contributed by atoms with Crippen molar-refractivity contribution in [2.45, 2.75) is 25.3 Å². The third kappa shape index (κ3) is 2.85. The maximum atomic E-state index is 12.1. The fourth-order valence-electron chi connectivity index (χ4n) is 2.83. The van der Waals surface area contributed by atoms with Crippen molar-refractivity contribution >= 4 is 11.9 Å². The third-order valence-electron chi connectivity index (χ3n) is 4.04. The molecule has 0 saturated carbocycles. The van der Waals surface area contributed by atoms with Crippen LogP contribution in [0.1, 0.15) is 34.2 Å². The second-order valence-corrected chi connectivity index (χ2v) is 5.61. The van der Waals surface area contributed by atoms with Gasteiger partial charge in [0.15, 0.2) is 0 Å². The number of carbonyl (C=O) groups excluding carboxylic acids is 1. The largest absolute Gasteiger partial charge is 0.288 e. The first-order chi connectivity index (χ1) is 11.8. The molecule has 3 aromatic rings. The van der Waals surface area contributed by atoms with Gasteiger partial charge >= 0.3 is 0 Å². The smallest absolute Gasteiger partial charge is 0.276 e. The van der Waals surface area contributed by atoms with Gasteiger partial charge in [0.1, 0.15) is 17.8 Å². The first kappa shape index (κ1) is 14.4. The van der Waals surface area contributed by atoms with Crippen LogP contribution in [0.3, 0.4) is 0 Å². The second kappa shape index (κ2) is 6.15. The van der Waals surface area contributed by atoms with E-state index in [0.29, 0.717) is 17.6 Å². The summed E-state index contributed by atoms with van der Waals surface area (Å²) in [7, 11) is 0. The number of fused-ring (bicyclic) bond motifs is 1. The first-order valence-corrected chi connectivity index (χ1v) is 7.70. The summed E-state index contributed by atoms with van der Waals surface area (Å²) in [5.41, 5.74) is 1.44. The molecule has 1 aliphatic heterocycles. The molecule has 0 bridgehead atoms. The maximum Gasteiger partial charge on any atom is 0.276 e. The monoisotopic (exact) mass is 321 g/mol. The van der Waals surface area contributed by atoms with Crippen LogP contribution in [0.15, 0.2) is 43.1 Å². The van der Waals surface area contributed by atoms with E-state index in [1.54, 1.807) is 24.4 Å². The van der Waals surface area contributed by atoms with Crippen molar-refractivity contribution in [2.24, 2.45) is 0 Å². The van der Waals surface area contributed by atoms with Crippen LogP contribution in [0.2, 0.25) is 0 Å². The van der Waals surface area contributed by atoms with Crippen molar-refractivity contribution in [2.75, 3.05) is 5.32 Å². The van der Waals surface area contributed by atoms with Gasteiger partial charge in [0.25, 0.3) is 5.91 Å². The molecule has 1 aliphatic rings. The Morgan fingerprint density at radius 3 is 2.92 bits per heavy atom. The lowest BCUT2D eigenvalue weighted by Crippen LogP contribution is -2.19. The molecule has 1 N–H and O–H groups in total. The topological polar surface area (TPSA) is 98.5 Å². The zero-order valence-corrected chi connectivity index (χ0v) is 12.8. The minimum atomic E-state index is -0.313. The van der Waals surface area contributed by atoms with Crippen LogP contribution in [0.25, 0.3) is 0 Å². The number of carbonyl (C=O) groups is 1. The minimum Gasteiger partial charge on any atom is -0.288 e. The normalized spacial score (nSPS) is 16.4. The van der Waals surface area contributed by atoms with E-state index in [2.05, 4.69) is 30.4 Å². The van der Waals surface area contributed by atoms with Crippen LogP contribution >= 0.6 is 0 Å². The molecule has 120 valence electrons. The second-order valence-electron chi connectivity index (χ2n) is 5.61. The van der Waals surface area contributed by atoms with Crippen LogP contribution < -0.4 is 5.32 Å². The summed E-state index contributed by atoms with van der Waals surface area (Å²) in [6, 6.07) is 5.18. The molecule has 4 heterocycles. The number of hydrogen-bond donors (Lipinski definition) is 1. The fourth-order valence-corrected chi connectivity index (χ4v) is 2.83. The molecule has 24 heavy (non-hydrogen) atoms.